The van der Waals surface area contributed by atoms with E-state index in [1.165, 1.54) is 16.6 Å². The van der Waals surface area contributed by atoms with Crippen molar-refractivity contribution in [3.05, 3.63) is 34.5 Å². The molecule has 0 radical (unpaired) electrons. The van der Waals surface area contributed by atoms with E-state index in [1.807, 2.05) is 0 Å². The number of nitrogens with zero attached hydrogens (tertiary/aromatic N) is 2. The van der Waals surface area contributed by atoms with Crippen molar-refractivity contribution in [2.24, 2.45) is 7.05 Å². The van der Waals surface area contributed by atoms with Gasteiger partial charge in [-0.2, -0.15) is 0 Å². The maximum absolute atomic E-state index is 12.6. The number of benzene rings is 1. The number of fused-ring (bicyclic) bond motifs is 2. The first-order valence-electron chi connectivity index (χ1n) is 8.63. The molecule has 0 unspecified atom stereocenters. The number of aromatic nitrogens is 1. The largest absolute Gasteiger partial charge is 0.347 e. The molecule has 0 spiro atoms. The Hall–Kier alpha value is -1.61. The van der Waals surface area contributed by atoms with Crippen LogP contribution in [0.1, 0.15) is 67.7 Å². The maximum atomic E-state index is 12.6. The molecule has 124 valence electrons. The molecule has 0 aliphatic carbocycles. The second kappa shape index (κ2) is 5.48. The van der Waals surface area contributed by atoms with Gasteiger partial charge in [0.2, 0.25) is 0 Å². The number of rotatable bonds is 3. The highest BCUT2D eigenvalue weighted by atomic mass is 16.1. The van der Waals surface area contributed by atoms with Gasteiger partial charge in [0.05, 0.1) is 0 Å². The van der Waals surface area contributed by atoms with Crippen LogP contribution in [-0.2, 0) is 20.1 Å². The summed E-state index contributed by atoms with van der Waals surface area (Å²) in [7, 11) is 2.07. The topological polar surface area (TPSA) is 25.2 Å². The van der Waals surface area contributed by atoms with Crippen LogP contribution >= 0.6 is 0 Å². The standard InChI is InChI=1S/C20H28N2O/c1-7-8-18(23)19-13(2)21(6)17-10-15-12-22(20(3,4)5)11-14(15)9-16(17)19/h9-10H,7-8,11-12H2,1-6H3. The molecule has 0 saturated heterocycles. The molecule has 1 aromatic carbocycles. The Morgan fingerprint density at radius 3 is 2.35 bits per heavy atom. The van der Waals surface area contributed by atoms with Gasteiger partial charge in [-0.1, -0.05) is 6.92 Å². The zero-order valence-electron chi connectivity index (χ0n) is 15.3. The molecule has 0 N–H and O–H groups in total. The maximum Gasteiger partial charge on any atom is 0.165 e. The third-order valence-corrected chi connectivity index (χ3v) is 5.24. The van der Waals surface area contributed by atoms with Crippen LogP contribution in [0, 0.1) is 6.92 Å². The van der Waals surface area contributed by atoms with Gasteiger partial charge in [0, 0.05) is 54.3 Å². The first-order chi connectivity index (χ1) is 10.7. The van der Waals surface area contributed by atoms with Crippen LogP contribution < -0.4 is 0 Å². The Balaban J connectivity index is 2.13. The van der Waals surface area contributed by atoms with Gasteiger partial charge in [0.1, 0.15) is 0 Å². The van der Waals surface area contributed by atoms with E-state index in [0.29, 0.717) is 6.42 Å². The van der Waals surface area contributed by atoms with Crippen molar-refractivity contribution in [1.29, 1.82) is 0 Å². The predicted octanol–water partition coefficient (Wildman–Crippen LogP) is 4.58. The van der Waals surface area contributed by atoms with Crippen molar-refractivity contribution in [2.45, 2.75) is 66.1 Å². The Bertz CT molecular complexity index is 777. The molecule has 0 bridgehead atoms. The number of hydrogen-bond donors (Lipinski definition) is 0. The molecule has 1 aliphatic heterocycles. The fourth-order valence-electron chi connectivity index (χ4n) is 3.64. The van der Waals surface area contributed by atoms with E-state index in [9.17, 15) is 4.79 Å². The summed E-state index contributed by atoms with van der Waals surface area (Å²) in [5.74, 6) is 0.279. The lowest BCUT2D eigenvalue weighted by Gasteiger charge is -2.31. The van der Waals surface area contributed by atoms with Gasteiger partial charge in [-0.15, -0.1) is 0 Å². The summed E-state index contributed by atoms with van der Waals surface area (Å²) >= 11 is 0. The zero-order chi connectivity index (χ0) is 16.9. The van der Waals surface area contributed by atoms with Crippen LogP contribution in [0.3, 0.4) is 0 Å². The quantitative estimate of drug-likeness (QED) is 0.775. The van der Waals surface area contributed by atoms with Gasteiger partial charge in [0.15, 0.2) is 5.78 Å². The molecule has 23 heavy (non-hydrogen) atoms. The molecule has 3 nitrogen and oxygen atoms in total. The minimum atomic E-state index is 0.169. The minimum absolute atomic E-state index is 0.169. The molecule has 2 heterocycles. The molecule has 2 aromatic rings. The second-order valence-electron chi connectivity index (χ2n) is 7.86. The average Bonchev–Trinajstić information content (AvgIpc) is 2.98. The van der Waals surface area contributed by atoms with Gasteiger partial charge in [-0.05, 0) is 57.4 Å². The van der Waals surface area contributed by atoms with E-state index in [1.54, 1.807) is 0 Å². The third kappa shape index (κ3) is 2.61. The summed E-state index contributed by atoms with van der Waals surface area (Å²) < 4.78 is 2.18. The molecular formula is C20H28N2O. The molecule has 0 saturated carbocycles. The number of aryl methyl sites for hydroxylation is 1. The monoisotopic (exact) mass is 312 g/mol. The van der Waals surface area contributed by atoms with E-state index in [-0.39, 0.29) is 11.3 Å². The van der Waals surface area contributed by atoms with E-state index >= 15 is 0 Å². The summed E-state index contributed by atoms with van der Waals surface area (Å²) in [5.41, 5.74) is 6.17. The minimum Gasteiger partial charge on any atom is -0.347 e. The number of hydrogen-bond acceptors (Lipinski definition) is 2. The van der Waals surface area contributed by atoms with Gasteiger partial charge in [-0.25, -0.2) is 0 Å². The van der Waals surface area contributed by atoms with E-state index in [2.05, 4.69) is 63.3 Å². The van der Waals surface area contributed by atoms with Gasteiger partial charge < -0.3 is 4.57 Å². The Morgan fingerprint density at radius 1 is 1.17 bits per heavy atom. The van der Waals surface area contributed by atoms with Crippen molar-refractivity contribution in [3.8, 4) is 0 Å². The van der Waals surface area contributed by atoms with Crippen LogP contribution in [0.2, 0.25) is 0 Å². The molecule has 0 fully saturated rings. The normalized spacial score (nSPS) is 15.4. The average molecular weight is 312 g/mol. The number of carbonyl (C=O) groups is 1. The Labute approximate surface area is 139 Å². The van der Waals surface area contributed by atoms with Crippen molar-refractivity contribution < 1.29 is 4.79 Å². The van der Waals surface area contributed by atoms with Gasteiger partial charge in [-0.3, -0.25) is 9.69 Å². The molecule has 1 aromatic heterocycles. The second-order valence-corrected chi connectivity index (χ2v) is 7.86. The SMILES string of the molecule is CCCC(=O)c1c(C)n(C)c2cc3c(cc12)CN(C(C)(C)C)C3. The summed E-state index contributed by atoms with van der Waals surface area (Å²) in [6.07, 6.45) is 1.53. The molecule has 0 amide bonds. The summed E-state index contributed by atoms with van der Waals surface area (Å²) in [6.45, 7) is 12.9. The smallest absolute Gasteiger partial charge is 0.165 e. The number of Topliss-reactive ketones (excluding diaryl/α,β-unsaturated/α-hetero) is 1. The fraction of sp³-hybridized carbons (Fsp3) is 0.550. The molecule has 0 atom stereocenters. The van der Waals surface area contributed by atoms with Crippen molar-refractivity contribution in [1.82, 2.24) is 9.47 Å². The molecular weight excluding hydrogens is 284 g/mol. The van der Waals surface area contributed by atoms with Gasteiger partial charge in [0.25, 0.3) is 0 Å². The number of ketones is 1. The summed E-state index contributed by atoms with van der Waals surface area (Å²) in [4.78, 5) is 15.1. The predicted molar refractivity (Wildman–Crippen MR) is 95.9 cm³/mol. The fourth-order valence-corrected chi connectivity index (χ4v) is 3.64. The van der Waals surface area contributed by atoms with Crippen molar-refractivity contribution in [2.75, 3.05) is 0 Å². The number of carbonyl (C=O) groups excluding carboxylic acids is 1. The summed E-state index contributed by atoms with van der Waals surface area (Å²) in [5, 5.41) is 1.14. The van der Waals surface area contributed by atoms with Crippen LogP contribution in [0.15, 0.2) is 12.1 Å². The zero-order valence-corrected chi connectivity index (χ0v) is 15.3. The Morgan fingerprint density at radius 2 is 1.78 bits per heavy atom. The highest BCUT2D eigenvalue weighted by Gasteiger charge is 2.29. The highest BCUT2D eigenvalue weighted by molar-refractivity contribution is 6.09. The summed E-state index contributed by atoms with van der Waals surface area (Å²) in [6, 6.07) is 4.57. The van der Waals surface area contributed by atoms with E-state index in [0.717, 1.165) is 36.2 Å². The lowest BCUT2D eigenvalue weighted by Crippen LogP contribution is -2.36. The molecule has 3 rings (SSSR count). The highest BCUT2D eigenvalue weighted by Crippen LogP contribution is 2.35. The van der Waals surface area contributed by atoms with E-state index < -0.39 is 0 Å². The van der Waals surface area contributed by atoms with Crippen molar-refractivity contribution >= 4 is 16.7 Å². The Kier molecular flexibility index (Phi) is 3.88. The molecule has 3 heteroatoms. The molecule has 1 aliphatic rings. The van der Waals surface area contributed by atoms with E-state index in [4.69, 9.17) is 0 Å². The van der Waals surface area contributed by atoms with Crippen LogP contribution in [-0.4, -0.2) is 20.8 Å². The van der Waals surface area contributed by atoms with Crippen molar-refractivity contribution in [3.63, 3.8) is 0 Å². The van der Waals surface area contributed by atoms with Crippen LogP contribution in [0.4, 0.5) is 0 Å². The lowest BCUT2D eigenvalue weighted by molar-refractivity contribution is 0.0982. The van der Waals surface area contributed by atoms with Crippen LogP contribution in [0.5, 0.6) is 0 Å². The third-order valence-electron chi connectivity index (χ3n) is 5.24. The first-order valence-corrected chi connectivity index (χ1v) is 8.63. The van der Waals surface area contributed by atoms with Crippen LogP contribution in [0.25, 0.3) is 10.9 Å². The van der Waals surface area contributed by atoms with Gasteiger partial charge >= 0.3 is 0 Å². The first kappa shape index (κ1) is 16.3. The lowest BCUT2D eigenvalue weighted by atomic mass is 10.0.